The Hall–Kier alpha value is -6.18. The summed E-state index contributed by atoms with van der Waals surface area (Å²) >= 11 is 0. The molecule has 2 spiro atoms. The van der Waals surface area contributed by atoms with Crippen molar-refractivity contribution >= 4 is 46.7 Å². The number of esters is 2. The minimum absolute atomic E-state index is 0.204. The number of fused-ring (bicyclic) bond motifs is 4. The molecule has 56 heavy (non-hydrogen) atoms. The monoisotopic (exact) mass is 770 g/mol. The molecule has 2 amide bonds. The van der Waals surface area contributed by atoms with E-state index in [1.54, 1.807) is 76.2 Å². The van der Waals surface area contributed by atoms with Gasteiger partial charge in [-0.2, -0.15) is 0 Å². The zero-order valence-electron chi connectivity index (χ0n) is 32.2. The van der Waals surface area contributed by atoms with Gasteiger partial charge in [-0.15, -0.1) is 0 Å². The summed E-state index contributed by atoms with van der Waals surface area (Å²) in [5.74, 6) is -3.06. The fourth-order valence-electron chi connectivity index (χ4n) is 7.76. The Balaban J connectivity index is 0.000000214. The Morgan fingerprint density at radius 3 is 1.30 bits per heavy atom. The minimum atomic E-state index is -1.52. The number of anilines is 2. The number of allylic oxidation sites excluding steroid dienone is 6. The lowest BCUT2D eigenvalue weighted by Gasteiger charge is -2.38. The van der Waals surface area contributed by atoms with Crippen LogP contribution in [-0.4, -0.2) is 76.0 Å². The van der Waals surface area contributed by atoms with Crippen molar-refractivity contribution in [2.75, 3.05) is 51.3 Å². The number of amides is 2. The van der Waals surface area contributed by atoms with E-state index >= 15 is 0 Å². The van der Waals surface area contributed by atoms with Crippen LogP contribution >= 0.6 is 0 Å². The highest BCUT2D eigenvalue weighted by atomic mass is 16.5. The van der Waals surface area contributed by atoms with Crippen LogP contribution in [-0.2, 0) is 68.0 Å². The van der Waals surface area contributed by atoms with Crippen molar-refractivity contribution in [1.29, 1.82) is 0 Å². The summed E-state index contributed by atoms with van der Waals surface area (Å²) in [6.45, 7) is 7.88. The lowest BCUT2D eigenvalue weighted by molar-refractivity contribution is -0.139. The van der Waals surface area contributed by atoms with Crippen LogP contribution in [0.2, 0.25) is 0 Å². The Morgan fingerprint density at radius 1 is 0.607 bits per heavy atom. The summed E-state index contributed by atoms with van der Waals surface area (Å²) in [5.41, 5.74) is -0.760. The van der Waals surface area contributed by atoms with Crippen molar-refractivity contribution in [3.8, 4) is 0 Å². The average molecular weight is 771 g/mol. The number of carbonyl (C=O) groups is 6. The van der Waals surface area contributed by atoms with E-state index in [1.165, 1.54) is 38.5 Å². The van der Waals surface area contributed by atoms with Crippen molar-refractivity contribution in [1.82, 2.24) is 0 Å². The lowest BCUT2D eigenvalue weighted by atomic mass is 9.63. The molecule has 0 saturated heterocycles. The molecule has 14 nitrogen and oxygen atoms in total. The third kappa shape index (κ3) is 7.30. The topological polar surface area (TPSA) is 182 Å². The Kier molecular flexibility index (Phi) is 12.8. The first-order valence-corrected chi connectivity index (χ1v) is 18.4. The van der Waals surface area contributed by atoms with Gasteiger partial charge in [0, 0.05) is 48.2 Å². The van der Waals surface area contributed by atoms with Gasteiger partial charge in [-0.1, -0.05) is 36.4 Å². The standard InChI is InChI=1S/2C21H23NO6/c2*1-4-27-17(12-19(24)28-5-2)15-10-13(26-3)11-18(23)21(15)14-8-6-7-9-16(14)22-20(21)25/h2*6-9,11-12,15H,4-5,10H2,1-3H3,(H,22,25)/b2*17-12+/t2*15-,21+/m10/s1. The molecule has 2 aromatic rings. The quantitative estimate of drug-likeness (QED) is 0.128. The summed E-state index contributed by atoms with van der Waals surface area (Å²) in [6.07, 6.45) is 5.61. The molecule has 2 heterocycles. The van der Waals surface area contributed by atoms with E-state index in [1.807, 2.05) is 0 Å². The summed E-state index contributed by atoms with van der Waals surface area (Å²) in [4.78, 5) is 77.1. The molecule has 2 N–H and O–H groups in total. The molecule has 296 valence electrons. The van der Waals surface area contributed by atoms with E-state index in [9.17, 15) is 28.8 Å². The smallest absolute Gasteiger partial charge is 0.334 e. The van der Waals surface area contributed by atoms with Gasteiger partial charge in [-0.05, 0) is 51.0 Å². The van der Waals surface area contributed by atoms with Crippen LogP contribution in [0.1, 0.15) is 51.7 Å². The van der Waals surface area contributed by atoms with Crippen molar-refractivity contribution in [2.24, 2.45) is 11.8 Å². The molecule has 6 rings (SSSR count). The lowest BCUT2D eigenvalue weighted by Crippen LogP contribution is -2.51. The van der Waals surface area contributed by atoms with Crippen molar-refractivity contribution < 1.29 is 57.2 Å². The van der Waals surface area contributed by atoms with E-state index in [0.29, 0.717) is 34.0 Å². The SMILES string of the molecule is CCOC(=O)/C=C(/OCC)[C@@H]1CC(OC)=CC(=O)[C@]12C(=O)Nc1ccccc12.CCOC(=O)/C=C(/OCC)[C@H]1CC(OC)=CC(=O)[C@@]12C(=O)Nc1ccccc12. The van der Waals surface area contributed by atoms with Crippen molar-refractivity contribution in [3.05, 3.63) is 107 Å². The van der Waals surface area contributed by atoms with Gasteiger partial charge in [0.15, 0.2) is 11.6 Å². The number of ether oxygens (including phenoxy) is 6. The van der Waals surface area contributed by atoms with Crippen LogP contribution in [0, 0.1) is 11.8 Å². The van der Waals surface area contributed by atoms with Gasteiger partial charge in [-0.25, -0.2) is 9.59 Å². The third-order valence-corrected chi connectivity index (χ3v) is 10.1. The predicted molar refractivity (Wildman–Crippen MR) is 203 cm³/mol. The first kappa shape index (κ1) is 41.0. The van der Waals surface area contributed by atoms with Gasteiger partial charge in [-0.3, -0.25) is 19.2 Å². The zero-order valence-corrected chi connectivity index (χ0v) is 32.2. The number of hydrogen-bond donors (Lipinski definition) is 2. The summed E-state index contributed by atoms with van der Waals surface area (Å²) in [7, 11) is 2.93. The molecule has 2 aliphatic heterocycles. The predicted octanol–water partition coefficient (Wildman–Crippen LogP) is 4.96. The third-order valence-electron chi connectivity index (χ3n) is 10.1. The highest BCUT2D eigenvalue weighted by Gasteiger charge is 2.62. The van der Waals surface area contributed by atoms with Gasteiger partial charge in [0.2, 0.25) is 11.8 Å². The molecule has 4 aliphatic rings. The normalized spacial score (nSPS) is 23.8. The molecular formula is C42H46N2O12. The molecule has 0 aromatic heterocycles. The average Bonchev–Trinajstić information content (AvgIpc) is 3.64. The van der Waals surface area contributed by atoms with Crippen LogP contribution < -0.4 is 10.6 Å². The number of rotatable bonds is 12. The van der Waals surface area contributed by atoms with E-state index in [-0.39, 0.29) is 50.8 Å². The van der Waals surface area contributed by atoms with Gasteiger partial charge < -0.3 is 39.1 Å². The highest BCUT2D eigenvalue weighted by Crippen LogP contribution is 2.52. The van der Waals surface area contributed by atoms with E-state index in [2.05, 4.69) is 10.6 Å². The summed E-state index contributed by atoms with van der Waals surface area (Å²) in [6, 6.07) is 14.1. The molecule has 0 fully saturated rings. The molecule has 0 saturated carbocycles. The fraction of sp³-hybridized carbons (Fsp3) is 0.381. The number of benzene rings is 2. The number of methoxy groups -OCH3 is 2. The second kappa shape index (κ2) is 17.5. The molecule has 0 bridgehead atoms. The van der Waals surface area contributed by atoms with Crippen LogP contribution in [0.25, 0.3) is 0 Å². The molecule has 0 radical (unpaired) electrons. The largest absolute Gasteiger partial charge is 0.501 e. The zero-order chi connectivity index (χ0) is 40.6. The molecular weight excluding hydrogens is 724 g/mol. The maximum Gasteiger partial charge on any atom is 0.334 e. The fourth-order valence-corrected chi connectivity index (χ4v) is 7.76. The van der Waals surface area contributed by atoms with E-state index < -0.39 is 58.0 Å². The molecule has 2 aromatic carbocycles. The van der Waals surface area contributed by atoms with Crippen LogP contribution in [0.3, 0.4) is 0 Å². The second-order valence-electron chi connectivity index (χ2n) is 13.0. The maximum atomic E-state index is 13.3. The summed E-state index contributed by atoms with van der Waals surface area (Å²) < 4.78 is 32.1. The van der Waals surface area contributed by atoms with Crippen LogP contribution in [0.15, 0.2) is 95.9 Å². The Labute approximate surface area is 324 Å². The number of carbonyl (C=O) groups excluding carboxylic acids is 6. The maximum absolute atomic E-state index is 13.3. The van der Waals surface area contributed by atoms with Crippen molar-refractivity contribution in [2.45, 2.75) is 51.4 Å². The Bertz CT molecular complexity index is 1890. The molecule has 14 heteroatoms. The molecule has 0 unspecified atom stereocenters. The van der Waals surface area contributed by atoms with Crippen LogP contribution in [0.5, 0.6) is 0 Å². The minimum Gasteiger partial charge on any atom is -0.501 e. The first-order valence-electron chi connectivity index (χ1n) is 18.4. The van der Waals surface area contributed by atoms with Crippen LogP contribution in [0.4, 0.5) is 11.4 Å². The highest BCUT2D eigenvalue weighted by molar-refractivity contribution is 6.26. The van der Waals surface area contributed by atoms with Gasteiger partial charge in [0.1, 0.15) is 22.3 Å². The van der Waals surface area contributed by atoms with E-state index in [4.69, 9.17) is 28.4 Å². The number of para-hydroxylation sites is 2. The van der Waals surface area contributed by atoms with Crippen molar-refractivity contribution in [3.63, 3.8) is 0 Å². The molecule has 4 atom stereocenters. The molecule has 2 aliphatic carbocycles. The second-order valence-corrected chi connectivity index (χ2v) is 13.0. The van der Waals surface area contributed by atoms with E-state index in [0.717, 1.165) is 0 Å². The van der Waals surface area contributed by atoms with Gasteiger partial charge >= 0.3 is 11.9 Å². The number of nitrogens with one attached hydrogen (secondary N) is 2. The van der Waals surface area contributed by atoms with Gasteiger partial charge in [0.25, 0.3) is 0 Å². The Morgan fingerprint density at radius 2 is 0.964 bits per heavy atom. The number of hydrogen-bond acceptors (Lipinski definition) is 12. The van der Waals surface area contributed by atoms with Gasteiger partial charge in [0.05, 0.1) is 64.3 Å². The summed E-state index contributed by atoms with van der Waals surface area (Å²) in [5, 5.41) is 5.60. The number of ketones is 2. The first-order chi connectivity index (χ1) is 27.0.